The van der Waals surface area contributed by atoms with Gasteiger partial charge in [0.05, 0.1) is 39.5 Å². The highest BCUT2D eigenvalue weighted by atomic mass is 35.5. The number of nitrogens with one attached hydrogen (secondary N) is 1. The Labute approximate surface area is 205 Å². The molecule has 0 unspecified atom stereocenters. The second-order valence-electron chi connectivity index (χ2n) is 7.75. The van der Waals surface area contributed by atoms with Crippen molar-refractivity contribution in [1.82, 2.24) is 14.9 Å². The van der Waals surface area contributed by atoms with E-state index in [0.29, 0.717) is 15.7 Å². The fourth-order valence-corrected chi connectivity index (χ4v) is 4.23. The number of carbonyl (C=O) groups is 1. The Morgan fingerprint density at radius 1 is 0.941 bits per heavy atom. The van der Waals surface area contributed by atoms with Gasteiger partial charge in [0.2, 0.25) is 5.91 Å². The number of para-hydroxylation sites is 1. The Hall–Kier alpha value is -3.67. The van der Waals surface area contributed by atoms with Crippen LogP contribution in [0.25, 0.3) is 33.6 Å². The van der Waals surface area contributed by atoms with E-state index in [9.17, 15) is 9.18 Å². The standard InChI is InChI=1S/C27H18Cl2FN3O/c28-23-10-8-17(12-24(23)29)9-11-27(34)32-15-19-14-22-21-6-1-2-7-25(21)33(26(22)16-31-19)20-5-3-4-18(30)13-20/h1-14,16H,15H2,(H,32,34)/b11-9+. The largest absolute Gasteiger partial charge is 0.347 e. The van der Waals surface area contributed by atoms with Gasteiger partial charge in [0, 0.05) is 22.5 Å². The van der Waals surface area contributed by atoms with Crippen molar-refractivity contribution < 1.29 is 9.18 Å². The molecule has 7 heteroatoms. The lowest BCUT2D eigenvalue weighted by Gasteiger charge is -2.08. The Bertz CT molecular complexity index is 1580. The van der Waals surface area contributed by atoms with Crippen molar-refractivity contribution >= 4 is 57.0 Å². The molecular weight excluding hydrogens is 472 g/mol. The lowest BCUT2D eigenvalue weighted by Crippen LogP contribution is -2.20. The molecule has 1 N–H and O–H groups in total. The Morgan fingerprint density at radius 3 is 2.62 bits per heavy atom. The van der Waals surface area contributed by atoms with E-state index in [0.717, 1.165) is 33.1 Å². The lowest BCUT2D eigenvalue weighted by atomic mass is 10.1. The average Bonchev–Trinajstić information content (AvgIpc) is 3.17. The molecule has 0 saturated carbocycles. The van der Waals surface area contributed by atoms with Gasteiger partial charge in [0.15, 0.2) is 0 Å². The van der Waals surface area contributed by atoms with Gasteiger partial charge in [-0.15, -0.1) is 0 Å². The minimum Gasteiger partial charge on any atom is -0.347 e. The summed E-state index contributed by atoms with van der Waals surface area (Å²) in [6.07, 6.45) is 4.86. The first kappa shape index (κ1) is 22.1. The smallest absolute Gasteiger partial charge is 0.244 e. The van der Waals surface area contributed by atoms with Crippen LogP contribution in [0.5, 0.6) is 0 Å². The summed E-state index contributed by atoms with van der Waals surface area (Å²) in [5.41, 5.74) is 4.03. The van der Waals surface area contributed by atoms with Crippen molar-refractivity contribution in [2.24, 2.45) is 0 Å². The highest BCUT2D eigenvalue weighted by molar-refractivity contribution is 6.42. The van der Waals surface area contributed by atoms with Crippen molar-refractivity contribution in [1.29, 1.82) is 0 Å². The van der Waals surface area contributed by atoms with Crippen LogP contribution in [0.2, 0.25) is 10.0 Å². The van der Waals surface area contributed by atoms with E-state index in [1.165, 1.54) is 18.2 Å². The molecule has 34 heavy (non-hydrogen) atoms. The van der Waals surface area contributed by atoms with E-state index < -0.39 is 0 Å². The van der Waals surface area contributed by atoms with Gasteiger partial charge in [-0.1, -0.05) is 53.5 Å². The summed E-state index contributed by atoms with van der Waals surface area (Å²) in [4.78, 5) is 16.9. The van der Waals surface area contributed by atoms with Crippen molar-refractivity contribution in [3.63, 3.8) is 0 Å². The van der Waals surface area contributed by atoms with Crippen LogP contribution in [-0.2, 0) is 11.3 Å². The maximum Gasteiger partial charge on any atom is 0.244 e. The topological polar surface area (TPSA) is 46.9 Å². The highest BCUT2D eigenvalue weighted by Crippen LogP contribution is 2.32. The Kier molecular flexibility index (Phi) is 6.05. The van der Waals surface area contributed by atoms with Gasteiger partial charge < -0.3 is 9.88 Å². The van der Waals surface area contributed by atoms with Gasteiger partial charge >= 0.3 is 0 Å². The zero-order chi connectivity index (χ0) is 23.7. The molecule has 0 bridgehead atoms. The summed E-state index contributed by atoms with van der Waals surface area (Å²) in [7, 11) is 0. The number of pyridine rings is 1. The van der Waals surface area contributed by atoms with E-state index in [1.807, 2.05) is 41.0 Å². The number of nitrogens with zero attached hydrogens (tertiary/aromatic N) is 2. The molecule has 4 nitrogen and oxygen atoms in total. The molecule has 0 spiro atoms. The zero-order valence-electron chi connectivity index (χ0n) is 17.8. The first-order chi connectivity index (χ1) is 16.5. The third-order valence-electron chi connectivity index (χ3n) is 5.50. The normalized spacial score (nSPS) is 11.5. The third kappa shape index (κ3) is 4.40. The van der Waals surface area contributed by atoms with Gasteiger partial charge in [-0.3, -0.25) is 9.78 Å². The van der Waals surface area contributed by atoms with Crippen molar-refractivity contribution in [3.8, 4) is 5.69 Å². The molecule has 0 radical (unpaired) electrons. The van der Waals surface area contributed by atoms with E-state index >= 15 is 0 Å². The second-order valence-corrected chi connectivity index (χ2v) is 8.56. The first-order valence-corrected chi connectivity index (χ1v) is 11.3. The predicted molar refractivity (Wildman–Crippen MR) is 136 cm³/mol. The average molecular weight is 490 g/mol. The molecule has 0 aliphatic rings. The summed E-state index contributed by atoms with van der Waals surface area (Å²) >= 11 is 11.9. The minimum absolute atomic E-state index is 0.254. The number of halogens is 3. The molecule has 3 aromatic carbocycles. The van der Waals surface area contributed by atoms with Gasteiger partial charge in [-0.2, -0.15) is 0 Å². The fourth-order valence-electron chi connectivity index (χ4n) is 3.93. The molecule has 168 valence electrons. The van der Waals surface area contributed by atoms with E-state index in [1.54, 1.807) is 36.5 Å². The SMILES string of the molecule is O=C(/C=C/c1ccc(Cl)c(Cl)c1)NCc1cc2c3ccccc3n(-c3cccc(F)c3)c2cn1. The van der Waals surface area contributed by atoms with E-state index in [4.69, 9.17) is 23.2 Å². The maximum atomic E-state index is 13.9. The molecule has 5 rings (SSSR count). The molecule has 2 heterocycles. The number of amides is 1. The number of fused-ring (bicyclic) bond motifs is 3. The van der Waals surface area contributed by atoms with Crippen molar-refractivity contribution in [3.05, 3.63) is 112 Å². The van der Waals surface area contributed by atoms with E-state index in [2.05, 4.69) is 10.3 Å². The van der Waals surface area contributed by atoms with Crippen LogP contribution in [0.4, 0.5) is 4.39 Å². The highest BCUT2D eigenvalue weighted by Gasteiger charge is 2.13. The fraction of sp³-hybridized carbons (Fsp3) is 0.0370. The van der Waals surface area contributed by atoms with Crippen LogP contribution < -0.4 is 5.32 Å². The van der Waals surface area contributed by atoms with Gasteiger partial charge in [-0.05, 0) is 54.1 Å². The summed E-state index contributed by atoms with van der Waals surface area (Å²) in [5, 5.41) is 5.74. The number of hydrogen-bond donors (Lipinski definition) is 1. The molecule has 2 aromatic heterocycles. The summed E-state index contributed by atoms with van der Waals surface area (Å²) in [6, 6.07) is 21.5. The molecule has 5 aromatic rings. The van der Waals surface area contributed by atoms with Gasteiger partial charge in [-0.25, -0.2) is 4.39 Å². The molecule has 0 atom stereocenters. The van der Waals surface area contributed by atoms with Crippen molar-refractivity contribution in [2.75, 3.05) is 0 Å². The summed E-state index contributed by atoms with van der Waals surface area (Å²) in [6.45, 7) is 0.264. The Balaban J connectivity index is 1.41. The number of carbonyl (C=O) groups excluding carboxylic acids is 1. The first-order valence-electron chi connectivity index (χ1n) is 10.5. The predicted octanol–water partition coefficient (Wildman–Crippen LogP) is 6.95. The quantitative estimate of drug-likeness (QED) is 0.271. The van der Waals surface area contributed by atoms with Crippen LogP contribution in [0.15, 0.2) is 85.1 Å². The number of rotatable bonds is 5. The second kappa shape index (κ2) is 9.29. The van der Waals surface area contributed by atoms with Crippen molar-refractivity contribution in [2.45, 2.75) is 6.54 Å². The molecule has 1 amide bonds. The van der Waals surface area contributed by atoms with Crippen LogP contribution in [0, 0.1) is 5.82 Å². The van der Waals surface area contributed by atoms with Gasteiger partial charge in [0.1, 0.15) is 5.82 Å². The number of benzene rings is 3. The molecule has 0 fully saturated rings. The van der Waals surface area contributed by atoms with Gasteiger partial charge in [0.25, 0.3) is 0 Å². The molecule has 0 aliphatic heterocycles. The molecule has 0 saturated heterocycles. The van der Waals surface area contributed by atoms with Crippen LogP contribution in [-0.4, -0.2) is 15.5 Å². The van der Waals surface area contributed by atoms with Crippen LogP contribution in [0.3, 0.4) is 0 Å². The number of hydrogen-bond acceptors (Lipinski definition) is 2. The third-order valence-corrected chi connectivity index (χ3v) is 6.24. The monoisotopic (exact) mass is 489 g/mol. The minimum atomic E-state index is -0.301. The summed E-state index contributed by atoms with van der Waals surface area (Å²) < 4.78 is 15.9. The van der Waals surface area contributed by atoms with Crippen LogP contribution in [0.1, 0.15) is 11.3 Å². The molecule has 0 aliphatic carbocycles. The number of aromatic nitrogens is 2. The summed E-state index contributed by atoms with van der Waals surface area (Å²) in [5.74, 6) is -0.556. The molecular formula is C27H18Cl2FN3O. The van der Waals surface area contributed by atoms with E-state index in [-0.39, 0.29) is 18.3 Å². The lowest BCUT2D eigenvalue weighted by molar-refractivity contribution is -0.116. The Morgan fingerprint density at radius 2 is 1.79 bits per heavy atom. The maximum absolute atomic E-state index is 13.9. The zero-order valence-corrected chi connectivity index (χ0v) is 19.3. The van der Waals surface area contributed by atoms with Crippen LogP contribution >= 0.6 is 23.2 Å².